The van der Waals surface area contributed by atoms with Gasteiger partial charge in [0.05, 0.1) is 4.90 Å². The molecule has 0 unspecified atom stereocenters. The Balaban J connectivity index is 1.75. The predicted octanol–water partition coefficient (Wildman–Crippen LogP) is 3.78. The standard InChI is InChI=1S/C26H27NO5S/c1-19-13-15-23(16-14-19)33(30,31)27-20(2)17-26(29,22-11-7-4-8-12-22)24(27)25(28)32-18-21-9-5-3-6-10-21/h3-16,20,24,29H,17-18H2,1-2H3/t20-,24-,26-/m0/s1. The molecule has 7 heteroatoms. The summed E-state index contributed by atoms with van der Waals surface area (Å²) in [4.78, 5) is 13.5. The van der Waals surface area contributed by atoms with Gasteiger partial charge in [0.2, 0.25) is 10.0 Å². The second kappa shape index (κ2) is 9.09. The number of ether oxygens (including phenoxy) is 1. The Bertz CT molecular complexity index is 1210. The number of benzene rings is 3. The second-order valence-corrected chi connectivity index (χ2v) is 10.3. The van der Waals surface area contributed by atoms with Crippen LogP contribution in [-0.2, 0) is 31.8 Å². The molecule has 6 nitrogen and oxygen atoms in total. The number of carbonyl (C=O) groups excluding carboxylic acids is 1. The first-order chi connectivity index (χ1) is 15.7. The van der Waals surface area contributed by atoms with Gasteiger partial charge in [0.1, 0.15) is 12.2 Å². The minimum Gasteiger partial charge on any atom is -0.460 e. The van der Waals surface area contributed by atoms with E-state index in [1.165, 1.54) is 12.1 Å². The van der Waals surface area contributed by atoms with Crippen molar-refractivity contribution >= 4 is 16.0 Å². The molecule has 33 heavy (non-hydrogen) atoms. The summed E-state index contributed by atoms with van der Waals surface area (Å²) in [6.45, 7) is 3.55. The number of hydrogen-bond donors (Lipinski definition) is 1. The smallest absolute Gasteiger partial charge is 0.328 e. The summed E-state index contributed by atoms with van der Waals surface area (Å²) in [6, 6.07) is 22.2. The normalized spacial score (nSPS) is 23.4. The fourth-order valence-corrected chi connectivity index (χ4v) is 6.24. The molecule has 3 atom stereocenters. The van der Waals surface area contributed by atoms with Crippen molar-refractivity contribution in [1.82, 2.24) is 4.31 Å². The Kier molecular flexibility index (Phi) is 6.38. The first-order valence-electron chi connectivity index (χ1n) is 10.8. The quantitative estimate of drug-likeness (QED) is 0.560. The zero-order chi connectivity index (χ0) is 23.6. The average molecular weight is 466 g/mol. The Morgan fingerprint density at radius 3 is 2.18 bits per heavy atom. The van der Waals surface area contributed by atoms with Crippen LogP contribution in [0.5, 0.6) is 0 Å². The molecule has 172 valence electrons. The molecule has 1 aliphatic heterocycles. The number of hydrogen-bond acceptors (Lipinski definition) is 5. The average Bonchev–Trinajstić information content (AvgIpc) is 3.11. The van der Waals surface area contributed by atoms with Gasteiger partial charge in [-0.1, -0.05) is 78.4 Å². The van der Waals surface area contributed by atoms with Crippen molar-refractivity contribution in [3.05, 3.63) is 102 Å². The molecule has 1 aliphatic rings. The largest absolute Gasteiger partial charge is 0.460 e. The maximum Gasteiger partial charge on any atom is 0.328 e. The molecular formula is C26H27NO5S. The zero-order valence-corrected chi connectivity index (χ0v) is 19.4. The molecule has 1 saturated heterocycles. The van der Waals surface area contributed by atoms with Crippen LogP contribution in [0, 0.1) is 6.92 Å². The number of esters is 1. The van der Waals surface area contributed by atoms with E-state index in [4.69, 9.17) is 4.74 Å². The summed E-state index contributed by atoms with van der Waals surface area (Å²) < 4.78 is 34.0. The summed E-state index contributed by atoms with van der Waals surface area (Å²) in [5.41, 5.74) is 0.433. The Morgan fingerprint density at radius 1 is 1.00 bits per heavy atom. The summed E-state index contributed by atoms with van der Waals surface area (Å²) in [7, 11) is -4.09. The van der Waals surface area contributed by atoms with Crippen LogP contribution in [0.1, 0.15) is 30.0 Å². The lowest BCUT2D eigenvalue weighted by molar-refractivity contribution is -0.156. The Hall–Kier alpha value is -3.00. The molecule has 3 aromatic carbocycles. The van der Waals surface area contributed by atoms with Crippen LogP contribution < -0.4 is 0 Å². The fraction of sp³-hybridized carbons (Fsp3) is 0.269. The van der Waals surface area contributed by atoms with Crippen LogP contribution in [0.4, 0.5) is 0 Å². The van der Waals surface area contributed by atoms with Gasteiger partial charge in [-0.05, 0) is 43.5 Å². The van der Waals surface area contributed by atoms with E-state index < -0.39 is 33.7 Å². The molecule has 0 radical (unpaired) electrons. The second-order valence-electron chi connectivity index (χ2n) is 8.49. The van der Waals surface area contributed by atoms with Crippen LogP contribution >= 0.6 is 0 Å². The van der Waals surface area contributed by atoms with Gasteiger partial charge in [0.25, 0.3) is 0 Å². The SMILES string of the molecule is Cc1ccc(S(=O)(=O)N2[C@@H](C(=O)OCc3ccccc3)[C@@](O)(c3ccccc3)C[C@@H]2C)cc1. The number of rotatable bonds is 6. The van der Waals surface area contributed by atoms with E-state index in [1.54, 1.807) is 49.4 Å². The van der Waals surface area contributed by atoms with Crippen molar-refractivity contribution in [3.63, 3.8) is 0 Å². The van der Waals surface area contributed by atoms with Crippen LogP contribution in [-0.4, -0.2) is 35.9 Å². The van der Waals surface area contributed by atoms with E-state index in [2.05, 4.69) is 0 Å². The Labute approximate surface area is 194 Å². The zero-order valence-electron chi connectivity index (χ0n) is 18.6. The highest BCUT2D eigenvalue weighted by Crippen LogP contribution is 2.44. The molecule has 0 spiro atoms. The van der Waals surface area contributed by atoms with Gasteiger partial charge in [0.15, 0.2) is 6.04 Å². The third-order valence-corrected chi connectivity index (χ3v) is 8.06. The molecule has 0 bridgehead atoms. The molecule has 0 saturated carbocycles. The van der Waals surface area contributed by atoms with Crippen LogP contribution in [0.25, 0.3) is 0 Å². The van der Waals surface area contributed by atoms with Crippen molar-refractivity contribution < 1.29 is 23.1 Å². The number of nitrogens with zero attached hydrogens (tertiary/aromatic N) is 1. The number of aryl methyl sites for hydroxylation is 1. The first kappa shape index (κ1) is 23.2. The minimum atomic E-state index is -4.09. The number of carbonyl (C=O) groups is 1. The topological polar surface area (TPSA) is 83.9 Å². The predicted molar refractivity (Wildman–Crippen MR) is 125 cm³/mol. The molecule has 0 aliphatic carbocycles. The molecule has 3 aromatic rings. The lowest BCUT2D eigenvalue weighted by atomic mass is 9.85. The van der Waals surface area contributed by atoms with Crippen molar-refractivity contribution in [2.45, 2.75) is 49.5 Å². The van der Waals surface area contributed by atoms with Crippen molar-refractivity contribution in [2.75, 3.05) is 0 Å². The monoisotopic (exact) mass is 465 g/mol. The summed E-state index contributed by atoms with van der Waals surface area (Å²) in [5, 5.41) is 11.8. The van der Waals surface area contributed by atoms with Gasteiger partial charge in [-0.25, -0.2) is 8.42 Å². The van der Waals surface area contributed by atoms with Gasteiger partial charge < -0.3 is 9.84 Å². The van der Waals surface area contributed by atoms with E-state index in [9.17, 15) is 18.3 Å². The third kappa shape index (κ3) is 4.44. The van der Waals surface area contributed by atoms with Crippen LogP contribution in [0.2, 0.25) is 0 Å². The summed E-state index contributed by atoms with van der Waals surface area (Å²) in [6.07, 6.45) is 0.0627. The molecule has 4 rings (SSSR count). The minimum absolute atomic E-state index is 0.0200. The molecule has 1 fully saturated rings. The maximum atomic E-state index is 13.7. The van der Waals surface area contributed by atoms with E-state index >= 15 is 0 Å². The molecule has 1 heterocycles. The highest BCUT2D eigenvalue weighted by atomic mass is 32.2. The van der Waals surface area contributed by atoms with Crippen LogP contribution in [0.3, 0.4) is 0 Å². The van der Waals surface area contributed by atoms with Crippen molar-refractivity contribution in [3.8, 4) is 0 Å². The number of aliphatic hydroxyl groups is 1. The first-order valence-corrected chi connectivity index (χ1v) is 12.3. The van der Waals surface area contributed by atoms with E-state index in [0.717, 1.165) is 15.4 Å². The number of sulfonamides is 1. The van der Waals surface area contributed by atoms with Crippen molar-refractivity contribution in [1.29, 1.82) is 0 Å². The lowest BCUT2D eigenvalue weighted by Gasteiger charge is -2.32. The van der Waals surface area contributed by atoms with Gasteiger partial charge in [-0.3, -0.25) is 4.79 Å². The molecule has 1 N–H and O–H groups in total. The van der Waals surface area contributed by atoms with E-state index in [-0.39, 0.29) is 17.9 Å². The van der Waals surface area contributed by atoms with Gasteiger partial charge >= 0.3 is 5.97 Å². The van der Waals surface area contributed by atoms with Crippen LogP contribution in [0.15, 0.2) is 89.8 Å². The van der Waals surface area contributed by atoms with Gasteiger partial charge in [-0.15, -0.1) is 0 Å². The molecule has 0 amide bonds. The third-order valence-electron chi connectivity index (χ3n) is 6.07. The Morgan fingerprint density at radius 2 is 1.58 bits per heavy atom. The highest BCUT2D eigenvalue weighted by molar-refractivity contribution is 7.89. The van der Waals surface area contributed by atoms with Gasteiger partial charge in [-0.2, -0.15) is 4.31 Å². The summed E-state index contributed by atoms with van der Waals surface area (Å²) >= 11 is 0. The molecule has 0 aromatic heterocycles. The lowest BCUT2D eigenvalue weighted by Crippen LogP contribution is -2.51. The van der Waals surface area contributed by atoms with Gasteiger partial charge in [0, 0.05) is 6.04 Å². The van der Waals surface area contributed by atoms with E-state index in [0.29, 0.717) is 5.56 Å². The summed E-state index contributed by atoms with van der Waals surface area (Å²) in [5.74, 6) is -0.787. The van der Waals surface area contributed by atoms with E-state index in [1.807, 2.05) is 37.3 Å². The fourth-order valence-electron chi connectivity index (χ4n) is 4.43. The maximum absolute atomic E-state index is 13.7. The highest BCUT2D eigenvalue weighted by Gasteiger charge is 2.59. The molecular weight excluding hydrogens is 438 g/mol. The van der Waals surface area contributed by atoms with Crippen molar-refractivity contribution in [2.24, 2.45) is 0 Å².